The predicted octanol–water partition coefficient (Wildman–Crippen LogP) is 3.74. The van der Waals surface area contributed by atoms with Gasteiger partial charge in [-0.3, -0.25) is 0 Å². The van der Waals surface area contributed by atoms with Crippen molar-refractivity contribution in [2.24, 2.45) is 5.92 Å². The number of rotatable bonds is 4. The van der Waals surface area contributed by atoms with Crippen molar-refractivity contribution >= 4 is 17.3 Å². The third-order valence-electron chi connectivity index (χ3n) is 4.18. The second-order valence-corrected chi connectivity index (χ2v) is 5.94. The molecule has 1 aliphatic rings. The Morgan fingerprint density at radius 3 is 3.05 bits per heavy atom. The molecule has 0 amide bonds. The Labute approximate surface area is 126 Å². The minimum absolute atomic E-state index is 0.400. The fraction of sp³-hybridized carbons (Fsp3) is 0.562. The van der Waals surface area contributed by atoms with Crippen molar-refractivity contribution in [1.82, 2.24) is 4.90 Å². The van der Waals surface area contributed by atoms with Gasteiger partial charge in [0.25, 0.3) is 0 Å². The van der Waals surface area contributed by atoms with Crippen LogP contribution < -0.4 is 5.32 Å². The van der Waals surface area contributed by atoms with Gasteiger partial charge in [0, 0.05) is 18.3 Å². The lowest BCUT2D eigenvalue weighted by molar-refractivity contribution is 0.172. The monoisotopic (exact) mass is 291 g/mol. The lowest BCUT2D eigenvalue weighted by Gasteiger charge is -2.35. The van der Waals surface area contributed by atoms with Crippen molar-refractivity contribution < 1.29 is 0 Å². The van der Waals surface area contributed by atoms with Gasteiger partial charge >= 0.3 is 0 Å². The minimum atomic E-state index is 0.400. The summed E-state index contributed by atoms with van der Waals surface area (Å²) in [7, 11) is 0. The van der Waals surface area contributed by atoms with Gasteiger partial charge in [-0.2, -0.15) is 5.26 Å². The fourth-order valence-electron chi connectivity index (χ4n) is 2.87. The summed E-state index contributed by atoms with van der Waals surface area (Å²) in [5.74, 6) is 0.657. The summed E-state index contributed by atoms with van der Waals surface area (Å²) in [5, 5.41) is 13.1. The van der Waals surface area contributed by atoms with Gasteiger partial charge < -0.3 is 10.2 Å². The Morgan fingerprint density at radius 1 is 1.55 bits per heavy atom. The van der Waals surface area contributed by atoms with E-state index >= 15 is 0 Å². The van der Waals surface area contributed by atoms with Gasteiger partial charge in [-0.15, -0.1) is 0 Å². The van der Waals surface area contributed by atoms with E-state index in [0.717, 1.165) is 18.8 Å². The van der Waals surface area contributed by atoms with Crippen molar-refractivity contribution in [1.29, 1.82) is 5.26 Å². The zero-order chi connectivity index (χ0) is 14.5. The van der Waals surface area contributed by atoms with Crippen molar-refractivity contribution in [3.63, 3.8) is 0 Å². The van der Waals surface area contributed by atoms with E-state index in [0.29, 0.717) is 22.5 Å². The molecule has 108 valence electrons. The Bertz CT molecular complexity index is 495. The van der Waals surface area contributed by atoms with Gasteiger partial charge in [0.05, 0.1) is 10.6 Å². The average molecular weight is 292 g/mol. The quantitative estimate of drug-likeness (QED) is 0.918. The molecule has 1 aromatic carbocycles. The highest BCUT2D eigenvalue weighted by atomic mass is 35.5. The first-order valence-corrected chi connectivity index (χ1v) is 7.70. The highest BCUT2D eigenvalue weighted by Gasteiger charge is 2.23. The molecule has 1 aliphatic heterocycles. The van der Waals surface area contributed by atoms with E-state index in [4.69, 9.17) is 16.9 Å². The second kappa shape index (κ2) is 6.97. The maximum Gasteiger partial charge on any atom is 0.101 e. The van der Waals surface area contributed by atoms with Gasteiger partial charge in [0.1, 0.15) is 6.07 Å². The van der Waals surface area contributed by atoms with Crippen LogP contribution >= 0.6 is 11.6 Å². The molecular formula is C16H22ClN3. The maximum atomic E-state index is 9.02. The lowest BCUT2D eigenvalue weighted by atomic mass is 9.91. The Morgan fingerprint density at radius 2 is 2.35 bits per heavy atom. The van der Waals surface area contributed by atoms with E-state index in [1.807, 2.05) is 12.1 Å². The van der Waals surface area contributed by atoms with Gasteiger partial charge in [-0.1, -0.05) is 18.5 Å². The molecule has 4 heteroatoms. The lowest BCUT2D eigenvalue weighted by Crippen LogP contribution is -2.41. The first kappa shape index (κ1) is 15.2. The van der Waals surface area contributed by atoms with Gasteiger partial charge in [-0.05, 0) is 57.0 Å². The second-order valence-electron chi connectivity index (χ2n) is 5.53. The van der Waals surface area contributed by atoms with E-state index in [1.165, 1.54) is 19.4 Å². The molecule has 20 heavy (non-hydrogen) atoms. The Hall–Kier alpha value is -1.24. The number of piperidine rings is 1. The number of benzene rings is 1. The summed E-state index contributed by atoms with van der Waals surface area (Å²) in [6, 6.07) is 8.09. The number of nitrogens with one attached hydrogen (secondary N) is 1. The summed E-state index contributed by atoms with van der Waals surface area (Å²) in [6.45, 7) is 7.95. The Kier molecular flexibility index (Phi) is 5.28. The van der Waals surface area contributed by atoms with Crippen LogP contribution in [0, 0.1) is 17.2 Å². The summed E-state index contributed by atoms with van der Waals surface area (Å²) < 4.78 is 0. The molecule has 3 nitrogen and oxygen atoms in total. The molecule has 0 aliphatic carbocycles. The van der Waals surface area contributed by atoms with Crippen LogP contribution in [0.2, 0.25) is 5.02 Å². The topological polar surface area (TPSA) is 39.1 Å². The van der Waals surface area contributed by atoms with Crippen LogP contribution in [0.5, 0.6) is 0 Å². The summed E-state index contributed by atoms with van der Waals surface area (Å²) in [6.07, 6.45) is 2.54. The molecule has 0 radical (unpaired) electrons. The molecule has 2 rings (SSSR count). The van der Waals surface area contributed by atoms with Crippen molar-refractivity contribution in [2.45, 2.75) is 32.7 Å². The van der Waals surface area contributed by atoms with E-state index in [-0.39, 0.29) is 0 Å². The van der Waals surface area contributed by atoms with Crippen LogP contribution in [-0.4, -0.2) is 30.6 Å². The van der Waals surface area contributed by atoms with Crippen LogP contribution in [0.25, 0.3) is 0 Å². The molecule has 1 heterocycles. The van der Waals surface area contributed by atoms with Crippen molar-refractivity contribution in [3.8, 4) is 6.07 Å². The normalized spacial score (nSPS) is 21.2. The minimum Gasteiger partial charge on any atom is -0.382 e. The van der Waals surface area contributed by atoms with Gasteiger partial charge in [0.2, 0.25) is 0 Å². The molecule has 2 atom stereocenters. The standard InChI is InChI=1S/C16H22ClN3/c1-3-20-8-4-5-13(11-20)12(2)19-15-6-7-16(17)14(9-15)10-18/h6-7,9,12-13,19H,3-5,8,11H2,1-2H3. The maximum absolute atomic E-state index is 9.02. The van der Waals surface area contributed by atoms with Crippen LogP contribution in [-0.2, 0) is 0 Å². The third kappa shape index (κ3) is 3.65. The van der Waals surface area contributed by atoms with Crippen LogP contribution in [0.1, 0.15) is 32.3 Å². The van der Waals surface area contributed by atoms with Crippen LogP contribution in [0.15, 0.2) is 18.2 Å². The number of anilines is 1. The molecule has 0 bridgehead atoms. The number of halogens is 1. The SMILES string of the molecule is CCN1CCCC(C(C)Nc2ccc(Cl)c(C#N)c2)C1. The van der Waals surface area contributed by atoms with Crippen molar-refractivity contribution in [3.05, 3.63) is 28.8 Å². The van der Waals surface area contributed by atoms with Crippen molar-refractivity contribution in [2.75, 3.05) is 25.0 Å². The molecular weight excluding hydrogens is 270 g/mol. The molecule has 1 aromatic rings. The van der Waals surface area contributed by atoms with E-state index in [1.54, 1.807) is 6.07 Å². The Balaban J connectivity index is 2.00. The van der Waals surface area contributed by atoms with E-state index in [9.17, 15) is 0 Å². The summed E-state index contributed by atoms with van der Waals surface area (Å²) in [5.41, 5.74) is 1.51. The first-order valence-electron chi connectivity index (χ1n) is 7.32. The average Bonchev–Trinajstić information content (AvgIpc) is 2.49. The highest BCUT2D eigenvalue weighted by Crippen LogP contribution is 2.24. The number of nitrogens with zero attached hydrogens (tertiary/aromatic N) is 2. The largest absolute Gasteiger partial charge is 0.382 e. The zero-order valence-electron chi connectivity index (χ0n) is 12.2. The van der Waals surface area contributed by atoms with E-state index in [2.05, 4.69) is 30.1 Å². The van der Waals surface area contributed by atoms with Crippen LogP contribution in [0.4, 0.5) is 5.69 Å². The number of hydrogen-bond acceptors (Lipinski definition) is 3. The van der Waals surface area contributed by atoms with E-state index < -0.39 is 0 Å². The molecule has 1 saturated heterocycles. The highest BCUT2D eigenvalue weighted by molar-refractivity contribution is 6.31. The molecule has 1 fully saturated rings. The predicted molar refractivity (Wildman–Crippen MR) is 84.1 cm³/mol. The summed E-state index contributed by atoms with van der Waals surface area (Å²) in [4.78, 5) is 2.51. The molecule has 1 N–H and O–H groups in total. The molecule has 0 saturated carbocycles. The number of nitriles is 1. The van der Waals surface area contributed by atoms with Gasteiger partial charge in [-0.25, -0.2) is 0 Å². The number of hydrogen-bond donors (Lipinski definition) is 1. The zero-order valence-corrected chi connectivity index (χ0v) is 13.0. The fourth-order valence-corrected chi connectivity index (χ4v) is 3.03. The van der Waals surface area contributed by atoms with Crippen LogP contribution in [0.3, 0.4) is 0 Å². The number of likely N-dealkylation sites (tertiary alicyclic amines) is 1. The molecule has 0 aromatic heterocycles. The molecule has 2 unspecified atom stereocenters. The molecule has 0 spiro atoms. The summed E-state index contributed by atoms with van der Waals surface area (Å²) >= 11 is 5.96. The first-order chi connectivity index (χ1) is 9.63. The van der Waals surface area contributed by atoms with Gasteiger partial charge in [0.15, 0.2) is 0 Å². The third-order valence-corrected chi connectivity index (χ3v) is 4.51. The smallest absolute Gasteiger partial charge is 0.101 e.